The molecule has 2 atom stereocenters. The number of halogens is 2. The number of oxazole rings is 1. The minimum absolute atomic E-state index is 0. The van der Waals surface area contributed by atoms with E-state index in [0.717, 1.165) is 25.6 Å². The van der Waals surface area contributed by atoms with Crippen molar-refractivity contribution in [2.45, 2.75) is 18.9 Å². The zero-order valence-electron chi connectivity index (χ0n) is 10.9. The summed E-state index contributed by atoms with van der Waals surface area (Å²) in [6.07, 6.45) is 2.46. The molecule has 2 aromatic rings. The Bertz CT molecular complexity index is 617. The van der Waals surface area contributed by atoms with Gasteiger partial charge in [0.15, 0.2) is 5.58 Å². The van der Waals surface area contributed by atoms with E-state index in [0.29, 0.717) is 28.4 Å². The van der Waals surface area contributed by atoms with Crippen molar-refractivity contribution in [3.8, 4) is 0 Å². The summed E-state index contributed by atoms with van der Waals surface area (Å²) < 4.78 is 5.82. The van der Waals surface area contributed by atoms with Crippen LogP contribution in [0.5, 0.6) is 0 Å². The van der Waals surface area contributed by atoms with Crippen LogP contribution in [0.3, 0.4) is 0 Å². The van der Waals surface area contributed by atoms with Crippen molar-refractivity contribution in [3.05, 3.63) is 17.3 Å². The Balaban J connectivity index is 0.00000121. The predicted octanol–water partition coefficient (Wildman–Crippen LogP) is 2.49. The van der Waals surface area contributed by atoms with E-state index in [1.807, 2.05) is 6.07 Å². The van der Waals surface area contributed by atoms with Crippen LogP contribution >= 0.6 is 24.0 Å². The van der Waals surface area contributed by atoms with Gasteiger partial charge in [0.2, 0.25) is 5.65 Å². The molecule has 2 fully saturated rings. The molecular weight excluding hydrogens is 299 g/mol. The predicted molar refractivity (Wildman–Crippen MR) is 80.8 cm³/mol. The number of hydrogen-bond acceptors (Lipinski definition) is 5. The fourth-order valence-electron chi connectivity index (χ4n) is 3.21. The molecule has 2 aliphatic heterocycles. The van der Waals surface area contributed by atoms with Crippen LogP contribution in [-0.2, 0) is 0 Å². The number of nitrogens with one attached hydrogen (secondary N) is 1. The molecule has 0 amide bonds. The average molecular weight is 315 g/mol. The van der Waals surface area contributed by atoms with E-state index in [-0.39, 0.29) is 12.4 Å². The SMILES string of the molecule is Cl.Clc1ccc2oc(N3CCC4CCNCC43)nc2n1. The summed E-state index contributed by atoms with van der Waals surface area (Å²) in [5, 5.41) is 3.90. The molecule has 108 valence electrons. The van der Waals surface area contributed by atoms with Gasteiger partial charge in [-0.3, -0.25) is 0 Å². The fourth-order valence-corrected chi connectivity index (χ4v) is 3.36. The van der Waals surface area contributed by atoms with Crippen LogP contribution in [-0.4, -0.2) is 35.6 Å². The molecule has 0 spiro atoms. The third kappa shape index (κ3) is 2.24. The number of anilines is 1. The zero-order valence-corrected chi connectivity index (χ0v) is 12.5. The topological polar surface area (TPSA) is 54.2 Å². The molecule has 0 bridgehead atoms. The lowest BCUT2D eigenvalue weighted by Crippen LogP contribution is -2.46. The first-order valence-corrected chi connectivity index (χ1v) is 7.09. The smallest absolute Gasteiger partial charge is 0.300 e. The highest BCUT2D eigenvalue weighted by Gasteiger charge is 2.37. The van der Waals surface area contributed by atoms with Crippen molar-refractivity contribution in [2.75, 3.05) is 24.5 Å². The van der Waals surface area contributed by atoms with Gasteiger partial charge in [0.05, 0.1) is 0 Å². The fraction of sp³-hybridized carbons (Fsp3) is 0.538. The van der Waals surface area contributed by atoms with Crippen LogP contribution in [0.15, 0.2) is 16.5 Å². The van der Waals surface area contributed by atoms with E-state index in [1.54, 1.807) is 6.07 Å². The largest absolute Gasteiger partial charge is 0.422 e. The summed E-state index contributed by atoms with van der Waals surface area (Å²) in [6.45, 7) is 3.15. The average Bonchev–Trinajstić information content (AvgIpc) is 3.00. The van der Waals surface area contributed by atoms with Crippen molar-refractivity contribution in [2.24, 2.45) is 5.92 Å². The number of aromatic nitrogens is 2. The minimum Gasteiger partial charge on any atom is -0.422 e. The first-order chi connectivity index (χ1) is 9.31. The van der Waals surface area contributed by atoms with E-state index in [2.05, 4.69) is 20.2 Å². The van der Waals surface area contributed by atoms with Gasteiger partial charge >= 0.3 is 0 Å². The second kappa shape index (κ2) is 5.39. The van der Waals surface area contributed by atoms with E-state index in [4.69, 9.17) is 16.0 Å². The highest BCUT2D eigenvalue weighted by Crippen LogP contribution is 2.33. The molecule has 1 N–H and O–H groups in total. The van der Waals surface area contributed by atoms with Crippen LogP contribution in [0.4, 0.5) is 6.01 Å². The molecule has 2 unspecified atom stereocenters. The molecule has 0 radical (unpaired) electrons. The Morgan fingerprint density at radius 3 is 3.10 bits per heavy atom. The van der Waals surface area contributed by atoms with E-state index in [1.165, 1.54) is 12.8 Å². The molecule has 2 aliphatic rings. The van der Waals surface area contributed by atoms with Gasteiger partial charge in [0.1, 0.15) is 5.15 Å². The maximum absolute atomic E-state index is 5.88. The Morgan fingerprint density at radius 2 is 2.20 bits per heavy atom. The molecule has 4 heterocycles. The van der Waals surface area contributed by atoms with E-state index < -0.39 is 0 Å². The molecule has 2 saturated heterocycles. The highest BCUT2D eigenvalue weighted by molar-refractivity contribution is 6.29. The lowest BCUT2D eigenvalue weighted by atomic mass is 9.93. The standard InChI is InChI=1S/C13H15ClN4O.ClH/c14-11-2-1-10-12(16-11)17-13(19-10)18-6-4-8-3-5-15-7-9(8)18;/h1-2,8-9,15H,3-7H2;1H. The van der Waals surface area contributed by atoms with Crippen molar-refractivity contribution in [3.63, 3.8) is 0 Å². The van der Waals surface area contributed by atoms with Gasteiger partial charge in [0.25, 0.3) is 6.01 Å². The quantitative estimate of drug-likeness (QED) is 0.820. The Kier molecular flexibility index (Phi) is 3.75. The maximum Gasteiger partial charge on any atom is 0.300 e. The second-order valence-corrected chi connectivity index (χ2v) is 5.64. The van der Waals surface area contributed by atoms with Gasteiger partial charge in [-0.2, -0.15) is 4.98 Å². The minimum atomic E-state index is 0. The maximum atomic E-state index is 5.88. The van der Waals surface area contributed by atoms with Gasteiger partial charge < -0.3 is 14.6 Å². The van der Waals surface area contributed by atoms with E-state index >= 15 is 0 Å². The summed E-state index contributed by atoms with van der Waals surface area (Å²) >= 11 is 5.88. The van der Waals surface area contributed by atoms with Crippen LogP contribution in [0.2, 0.25) is 5.15 Å². The number of fused-ring (bicyclic) bond motifs is 2. The van der Waals surface area contributed by atoms with Gasteiger partial charge in [0, 0.05) is 19.1 Å². The lowest BCUT2D eigenvalue weighted by Gasteiger charge is -2.31. The normalized spacial score (nSPS) is 25.6. The molecule has 4 rings (SSSR count). The number of rotatable bonds is 1. The van der Waals surface area contributed by atoms with Crippen molar-refractivity contribution in [1.29, 1.82) is 0 Å². The van der Waals surface area contributed by atoms with Gasteiger partial charge in [-0.15, -0.1) is 12.4 Å². The molecule has 2 aromatic heterocycles. The molecule has 5 nitrogen and oxygen atoms in total. The molecular formula is C13H16Cl2N4O. The molecule has 0 aliphatic carbocycles. The lowest BCUT2D eigenvalue weighted by molar-refractivity contribution is 0.352. The summed E-state index contributed by atoms with van der Waals surface area (Å²) in [4.78, 5) is 10.9. The third-order valence-electron chi connectivity index (χ3n) is 4.18. The number of piperidine rings is 1. The summed E-state index contributed by atoms with van der Waals surface area (Å²) in [7, 11) is 0. The number of hydrogen-bond donors (Lipinski definition) is 1. The Morgan fingerprint density at radius 1 is 1.30 bits per heavy atom. The highest BCUT2D eigenvalue weighted by atomic mass is 35.5. The summed E-state index contributed by atoms with van der Waals surface area (Å²) in [5.74, 6) is 0.757. The number of nitrogens with zero attached hydrogens (tertiary/aromatic N) is 3. The van der Waals surface area contributed by atoms with Crippen LogP contribution in [0.1, 0.15) is 12.8 Å². The van der Waals surface area contributed by atoms with Gasteiger partial charge in [-0.25, -0.2) is 4.98 Å². The van der Waals surface area contributed by atoms with Crippen molar-refractivity contribution < 1.29 is 4.42 Å². The van der Waals surface area contributed by atoms with E-state index in [9.17, 15) is 0 Å². The summed E-state index contributed by atoms with van der Waals surface area (Å²) in [5.41, 5.74) is 1.29. The summed E-state index contributed by atoms with van der Waals surface area (Å²) in [6, 6.07) is 4.74. The zero-order chi connectivity index (χ0) is 12.8. The van der Waals surface area contributed by atoms with Crippen molar-refractivity contribution in [1.82, 2.24) is 15.3 Å². The van der Waals surface area contributed by atoms with Crippen LogP contribution < -0.4 is 10.2 Å². The van der Waals surface area contributed by atoms with Gasteiger partial charge in [-0.1, -0.05) is 11.6 Å². The molecule has 0 saturated carbocycles. The molecule has 20 heavy (non-hydrogen) atoms. The van der Waals surface area contributed by atoms with Crippen LogP contribution in [0.25, 0.3) is 11.2 Å². The number of pyridine rings is 1. The second-order valence-electron chi connectivity index (χ2n) is 5.25. The van der Waals surface area contributed by atoms with Crippen molar-refractivity contribution >= 4 is 41.3 Å². The Hall–Kier alpha value is -1.04. The molecule has 0 aromatic carbocycles. The third-order valence-corrected chi connectivity index (χ3v) is 4.39. The first-order valence-electron chi connectivity index (χ1n) is 6.72. The molecule has 7 heteroatoms. The van der Waals surface area contributed by atoms with Gasteiger partial charge in [-0.05, 0) is 37.4 Å². The van der Waals surface area contributed by atoms with Crippen LogP contribution in [0, 0.1) is 5.92 Å². The monoisotopic (exact) mass is 314 g/mol. The Labute approximate surface area is 128 Å². The first kappa shape index (κ1) is 13.9.